The first-order valence-corrected chi connectivity index (χ1v) is 50.9. The summed E-state index contributed by atoms with van der Waals surface area (Å²) in [5, 5.41) is 2.87. The predicted octanol–water partition coefficient (Wildman–Crippen LogP) is 37.2. The number of allylic oxidation sites excluding steroid dienone is 4. The first-order chi connectivity index (χ1) is 54.0. The smallest absolute Gasteiger partial charge is 0.0654 e. The van der Waals surface area contributed by atoms with Crippen molar-refractivity contribution in [1.29, 1.82) is 0 Å². The van der Waals surface area contributed by atoms with Crippen molar-refractivity contribution < 1.29 is 24.0 Å². The number of nitrogens with zero attached hydrogens (tertiary/aromatic N) is 2. The van der Waals surface area contributed by atoms with Crippen LogP contribution in [0.4, 0.5) is 0 Å². The molecule has 109 heavy (non-hydrogen) atoms. The van der Waals surface area contributed by atoms with E-state index >= 15 is 0 Å². The van der Waals surface area contributed by atoms with E-state index in [-0.39, 0.29) is 5.78 Å². The maximum atomic E-state index is 12.0. The number of aryl methyl sites for hydroxylation is 2. The molecule has 0 fully saturated rings. The molecule has 0 bridgehead atoms. The van der Waals surface area contributed by atoms with Crippen molar-refractivity contribution in [2.24, 2.45) is 0 Å². The van der Waals surface area contributed by atoms with Crippen LogP contribution in [0.25, 0.3) is 11.1 Å². The van der Waals surface area contributed by atoms with E-state index in [1.165, 1.54) is 498 Å². The average Bonchev–Trinajstić information content (AvgIpc) is 0.801. The summed E-state index contributed by atoms with van der Waals surface area (Å²) in [5.41, 5.74) is 16.2. The van der Waals surface area contributed by atoms with Crippen molar-refractivity contribution in [3.05, 3.63) is 100 Å². The minimum atomic E-state index is 0.198. The van der Waals surface area contributed by atoms with Gasteiger partial charge < -0.3 is 10.3 Å². The van der Waals surface area contributed by atoms with Gasteiger partial charge in [-0.05, 0) is 72.4 Å². The van der Waals surface area contributed by atoms with Gasteiger partial charge in [-0.3, -0.25) is 0 Å². The standard InChI is InChI=1S/C53H82N2O.2C26H53.Ni/c1-4-6-8-10-12-13-14-15-16-17-18-19-20-21-22-23-24-25-26-27-28-30-32-39-50(44-45-55-54)53(52-41-34-33-38-49(52)43-42-47(3)56)51-40-35-37-48(46-51)36-31-29-11-9-7-5-2;2*1-3-5-7-9-11-13-15-17-19-21-23-25-26-24-22-20-18-16-14-12-10-8-6-4-2;/h32-35,37-41,44,46H,4-31,36,42-43H2,1-3H3;2*1,3-26H2,2H3;. The Balaban J connectivity index is 0.00000109. The molecule has 0 aliphatic carbocycles. The number of carbonyl (C=O) groups excluding carboxylic acids is 1. The molecule has 0 amide bonds. The molecule has 0 heterocycles. The van der Waals surface area contributed by atoms with Crippen LogP contribution in [0.5, 0.6) is 0 Å². The fraction of sp³-hybridized carbons (Fsp3) is 0.819. The molecule has 0 spiro atoms. The van der Waals surface area contributed by atoms with Crippen LogP contribution in [0.3, 0.4) is 0 Å². The van der Waals surface area contributed by atoms with Crippen LogP contribution in [0.2, 0.25) is 10.8 Å². The minimum Gasteiger partial charge on any atom is -0.0654 e. The molecule has 0 saturated carbocycles. The van der Waals surface area contributed by atoms with Crippen molar-refractivity contribution in [3.8, 4) is 0 Å². The van der Waals surface area contributed by atoms with Crippen LogP contribution in [-0.4, -0.2) is 16.4 Å². The summed E-state index contributed by atoms with van der Waals surface area (Å²) < 4.78 is 0. The second-order valence-electron chi connectivity index (χ2n) is 34.3. The molecule has 0 aromatic heterocycles. The fourth-order valence-corrected chi connectivity index (χ4v) is 17.5. The van der Waals surface area contributed by atoms with Crippen LogP contribution in [0.1, 0.15) is 551 Å². The van der Waals surface area contributed by atoms with Crippen molar-refractivity contribution in [2.45, 2.75) is 553 Å². The van der Waals surface area contributed by atoms with Gasteiger partial charge in [0.15, 0.2) is 0 Å². The number of hydrogen-bond donors (Lipinski definition) is 0. The van der Waals surface area contributed by atoms with Crippen LogP contribution in [-0.2, 0) is 32.1 Å². The summed E-state index contributed by atoms with van der Waals surface area (Å²) >= 11 is 2.05. The topological polar surface area (TPSA) is 53.5 Å². The Hall–Kier alpha value is -2.76. The summed E-state index contributed by atoms with van der Waals surface area (Å²) in [5.74, 6) is 2.92. The normalized spacial score (nSPS) is 11.8. The SMILES string of the molecule is CCCCCCCCCCCCCCCCCCCCCCCC=CC(C=C=[N+]=[N-])=C(c1cccc(CCCCCCCC)c1)c1ccccc1CCC(C)=O.CCCCCCCCCCCCCCCCCCCCCCCCC[CH2][Ni][CH2]CCCCCCCCCCCCCCCCCCCCCCCCC. The van der Waals surface area contributed by atoms with Gasteiger partial charge in [0.2, 0.25) is 0 Å². The molecule has 2 aromatic carbocycles. The molecule has 2 aromatic rings. The number of unbranched alkanes of at least 4 members (excludes halogenated alkanes) is 72. The Labute approximate surface area is 689 Å². The molecule has 0 N–H and O–H groups in total. The van der Waals surface area contributed by atoms with Gasteiger partial charge in [-0.2, -0.15) is 0 Å². The van der Waals surface area contributed by atoms with Gasteiger partial charge in [0.05, 0.1) is 6.08 Å². The van der Waals surface area contributed by atoms with Gasteiger partial charge in [0, 0.05) is 6.42 Å². The molecule has 0 radical (unpaired) electrons. The maximum absolute atomic E-state index is 12.0. The second kappa shape index (κ2) is 89.2. The monoisotopic (exact) mass is 1550 g/mol. The number of hydrogen-bond acceptors (Lipinski definition) is 1. The molecular weight excluding hydrogens is 1360 g/mol. The summed E-state index contributed by atoms with van der Waals surface area (Å²) in [4.78, 5) is 15.3. The minimum absolute atomic E-state index is 0.198. The quantitative estimate of drug-likeness (QED) is 0.0163. The molecule has 0 aliphatic heterocycles. The zero-order chi connectivity index (χ0) is 78.2. The summed E-state index contributed by atoms with van der Waals surface area (Å²) in [6.45, 7) is 10.9. The van der Waals surface area contributed by atoms with Gasteiger partial charge in [0.25, 0.3) is 5.87 Å². The number of ketones is 1. The van der Waals surface area contributed by atoms with Crippen molar-refractivity contribution in [2.75, 3.05) is 0 Å². The Morgan fingerprint density at radius 1 is 0.339 bits per heavy atom. The first-order valence-electron chi connectivity index (χ1n) is 49.5. The number of Topliss-reactive ketones (excluding diaryl/α,β-unsaturated/α-hetero) is 1. The summed E-state index contributed by atoms with van der Waals surface area (Å²) in [6.07, 6.45) is 118. The molecular formula is C105H188N2NiO. The van der Waals surface area contributed by atoms with Crippen molar-refractivity contribution >= 4 is 17.2 Å². The summed E-state index contributed by atoms with van der Waals surface area (Å²) in [7, 11) is 0. The third-order valence-corrected chi connectivity index (χ3v) is 25.0. The van der Waals surface area contributed by atoms with Gasteiger partial charge in [-0.25, -0.2) is 0 Å². The van der Waals surface area contributed by atoms with Gasteiger partial charge in [0.1, 0.15) is 5.78 Å². The third kappa shape index (κ3) is 75.1. The van der Waals surface area contributed by atoms with E-state index in [1.807, 2.05) is 0 Å². The fourth-order valence-electron chi connectivity index (χ4n) is 16.3. The van der Waals surface area contributed by atoms with Crippen LogP contribution < -0.4 is 0 Å². The second-order valence-corrected chi connectivity index (χ2v) is 35.8. The zero-order valence-corrected chi connectivity index (χ0v) is 75.2. The van der Waals surface area contributed by atoms with Crippen molar-refractivity contribution in [1.82, 2.24) is 0 Å². The first kappa shape index (κ1) is 104. The molecule has 634 valence electrons. The van der Waals surface area contributed by atoms with Gasteiger partial charge >= 0.3 is 166 Å². The molecule has 0 atom stereocenters. The van der Waals surface area contributed by atoms with E-state index < -0.39 is 0 Å². The van der Waals surface area contributed by atoms with E-state index in [0.29, 0.717) is 12.8 Å². The zero-order valence-electron chi connectivity index (χ0n) is 74.2. The molecule has 3 nitrogen and oxygen atoms in total. The Bertz CT molecular complexity index is 2270. The van der Waals surface area contributed by atoms with E-state index in [4.69, 9.17) is 0 Å². The number of benzene rings is 2. The van der Waals surface area contributed by atoms with E-state index in [2.05, 4.69) is 113 Å². The van der Waals surface area contributed by atoms with E-state index in [1.54, 1.807) is 13.0 Å². The molecule has 0 unspecified atom stereocenters. The summed E-state index contributed by atoms with van der Waals surface area (Å²) in [6, 6.07) is 17.4. The Morgan fingerprint density at radius 2 is 0.624 bits per heavy atom. The van der Waals surface area contributed by atoms with E-state index in [0.717, 1.165) is 40.7 Å². The average molecular weight is 1550 g/mol. The predicted molar refractivity (Wildman–Crippen MR) is 487 cm³/mol. The molecule has 4 heteroatoms. The number of carbonyl (C=O) groups is 1. The number of rotatable bonds is 86. The van der Waals surface area contributed by atoms with Crippen LogP contribution >= 0.6 is 0 Å². The molecule has 0 saturated heterocycles. The Morgan fingerprint density at radius 3 is 0.927 bits per heavy atom. The van der Waals surface area contributed by atoms with Crippen LogP contribution in [0, 0.1) is 0 Å². The Kier molecular flexibility index (Phi) is 85.3. The molecule has 2 rings (SSSR count). The van der Waals surface area contributed by atoms with Gasteiger partial charge in [-0.1, -0.05) is 416 Å². The van der Waals surface area contributed by atoms with Crippen LogP contribution in [0.15, 0.2) is 72.3 Å². The van der Waals surface area contributed by atoms with Gasteiger partial charge in [-0.15, -0.1) is 4.79 Å². The van der Waals surface area contributed by atoms with Crippen molar-refractivity contribution in [3.63, 3.8) is 0 Å². The van der Waals surface area contributed by atoms with E-state index in [9.17, 15) is 10.3 Å². The molecule has 0 aliphatic rings. The third-order valence-electron chi connectivity index (χ3n) is 23.6.